The lowest BCUT2D eigenvalue weighted by Gasteiger charge is -2.42. The molecule has 0 saturated carbocycles. The number of nitrogens with zero attached hydrogens (tertiary/aromatic N) is 3. The van der Waals surface area contributed by atoms with Crippen LogP contribution < -0.4 is 0 Å². The monoisotopic (exact) mass is 531 g/mol. The molecule has 3 aromatic rings. The second-order valence-electron chi connectivity index (χ2n) is 10.1. The summed E-state index contributed by atoms with van der Waals surface area (Å²) < 4.78 is 45.0. The van der Waals surface area contributed by atoms with Crippen molar-refractivity contribution in [3.63, 3.8) is 0 Å². The second kappa shape index (κ2) is 14.4. The average Bonchev–Trinajstić information content (AvgIpc) is 3.36. The number of aromatic nitrogens is 2. The number of aryl methyl sites for hydroxylation is 1. The maximum absolute atomic E-state index is 13.5. The molecule has 0 aliphatic heterocycles. The van der Waals surface area contributed by atoms with Crippen LogP contribution in [0, 0.1) is 5.21 Å². The van der Waals surface area contributed by atoms with Gasteiger partial charge >= 0.3 is 6.18 Å². The lowest BCUT2D eigenvalue weighted by atomic mass is 10.1. The molecule has 2 aromatic carbocycles. The van der Waals surface area contributed by atoms with E-state index in [-0.39, 0.29) is 25.2 Å². The summed E-state index contributed by atoms with van der Waals surface area (Å²) in [5, 5.41) is 17.6. The van der Waals surface area contributed by atoms with E-state index >= 15 is 0 Å². The third kappa shape index (κ3) is 9.24. The topological polar surface area (TPSA) is 62.0 Å². The van der Waals surface area contributed by atoms with Crippen LogP contribution in [-0.2, 0) is 25.7 Å². The molecule has 0 spiro atoms. The molecular weight excluding hydrogens is 491 g/mol. The predicted molar refractivity (Wildman–Crippen MR) is 144 cm³/mol. The number of hydrogen-bond acceptors (Lipinski definition) is 4. The largest absolute Gasteiger partial charge is 0.632 e. The molecule has 5 nitrogen and oxygen atoms in total. The van der Waals surface area contributed by atoms with E-state index in [2.05, 4.69) is 17.1 Å². The van der Waals surface area contributed by atoms with Gasteiger partial charge in [0.1, 0.15) is 13.1 Å². The van der Waals surface area contributed by atoms with Crippen LogP contribution >= 0.6 is 0 Å². The van der Waals surface area contributed by atoms with E-state index in [1.54, 1.807) is 19.1 Å². The van der Waals surface area contributed by atoms with E-state index in [9.17, 15) is 18.4 Å². The highest BCUT2D eigenvalue weighted by molar-refractivity contribution is 5.54. The number of hydroxylamine groups is 3. The molecular formula is C30H40F3N3O2. The number of alkyl halides is 3. The first-order chi connectivity index (χ1) is 18.2. The van der Waals surface area contributed by atoms with Gasteiger partial charge in [0.05, 0.1) is 12.1 Å². The molecule has 3 rings (SSSR count). The van der Waals surface area contributed by atoms with E-state index in [0.717, 1.165) is 25.3 Å². The van der Waals surface area contributed by atoms with Crippen LogP contribution in [-0.4, -0.2) is 21.3 Å². The van der Waals surface area contributed by atoms with Crippen LogP contribution in [0.4, 0.5) is 13.2 Å². The van der Waals surface area contributed by atoms with Crippen molar-refractivity contribution in [1.29, 1.82) is 0 Å². The highest BCUT2D eigenvalue weighted by atomic mass is 19.4. The Morgan fingerprint density at radius 1 is 0.842 bits per heavy atom. The lowest BCUT2D eigenvalue weighted by molar-refractivity contribution is -0.905. The number of halogens is 3. The summed E-state index contributed by atoms with van der Waals surface area (Å²) in [5.74, 6) is 1.06. The third-order valence-corrected chi connectivity index (χ3v) is 6.97. The molecule has 1 atom stereocenters. The van der Waals surface area contributed by atoms with Gasteiger partial charge in [0, 0.05) is 23.1 Å². The summed E-state index contributed by atoms with van der Waals surface area (Å²) in [5.41, 5.74) is 0.658. The predicted octanol–water partition coefficient (Wildman–Crippen LogP) is 8.86. The van der Waals surface area contributed by atoms with Gasteiger partial charge in [0.2, 0.25) is 0 Å². The van der Waals surface area contributed by atoms with E-state index in [1.807, 2.05) is 12.1 Å². The van der Waals surface area contributed by atoms with Crippen molar-refractivity contribution >= 4 is 0 Å². The van der Waals surface area contributed by atoms with E-state index in [1.165, 1.54) is 63.1 Å². The minimum Gasteiger partial charge on any atom is -0.632 e. The van der Waals surface area contributed by atoms with Gasteiger partial charge in [-0.3, -0.25) is 0 Å². The summed E-state index contributed by atoms with van der Waals surface area (Å²) in [6.45, 7) is 3.84. The Morgan fingerprint density at radius 2 is 1.53 bits per heavy atom. The Bertz CT molecular complexity index is 1120. The van der Waals surface area contributed by atoms with E-state index in [0.29, 0.717) is 22.8 Å². The van der Waals surface area contributed by atoms with Crippen molar-refractivity contribution in [2.75, 3.05) is 6.54 Å². The van der Waals surface area contributed by atoms with Crippen molar-refractivity contribution < 1.29 is 22.3 Å². The molecule has 0 bridgehead atoms. The first-order valence-corrected chi connectivity index (χ1v) is 13.9. The van der Waals surface area contributed by atoms with Crippen LogP contribution in [0.15, 0.2) is 53.1 Å². The number of unbranched alkanes of at least 4 members (excludes halogenated alkanes) is 8. The summed E-state index contributed by atoms with van der Waals surface area (Å²) in [6.07, 6.45) is 7.47. The minimum absolute atomic E-state index is 0.00559. The van der Waals surface area contributed by atoms with Crippen molar-refractivity contribution in [3.05, 3.63) is 76.3 Å². The molecule has 0 aliphatic carbocycles. The van der Waals surface area contributed by atoms with Gasteiger partial charge in [-0.15, -0.1) is 0 Å². The third-order valence-electron chi connectivity index (χ3n) is 6.97. The Kier molecular flexibility index (Phi) is 11.3. The summed E-state index contributed by atoms with van der Waals surface area (Å²) in [4.78, 5) is 4.53. The van der Waals surface area contributed by atoms with Crippen LogP contribution in [0.1, 0.15) is 94.1 Å². The molecule has 0 saturated heterocycles. The normalized spacial score (nSPS) is 13.5. The molecule has 38 heavy (non-hydrogen) atoms. The maximum Gasteiger partial charge on any atom is 0.416 e. The fraction of sp³-hybridized carbons (Fsp3) is 0.533. The summed E-state index contributed by atoms with van der Waals surface area (Å²) in [7, 11) is 0. The molecule has 1 unspecified atom stereocenters. The average molecular weight is 532 g/mol. The Hall–Kier alpha value is -2.71. The number of quaternary nitrogens is 1. The number of hydrogen-bond donors (Lipinski definition) is 0. The number of rotatable bonds is 16. The molecule has 0 aliphatic rings. The number of benzene rings is 2. The lowest BCUT2D eigenvalue weighted by Crippen LogP contribution is -2.40. The van der Waals surface area contributed by atoms with Crippen LogP contribution in [0.5, 0.6) is 0 Å². The standard InChI is InChI=1S/C30H40F3N3O2/c1-3-5-6-7-8-9-10-11-12-20-28-34-29(38-35-28)25-18-15-16-24(21-25)22-36(37,4-2)23-26-17-13-14-19-27(26)30(31,32)33/h13-19,21H,3-12,20,22-23H2,1-2H3. The highest BCUT2D eigenvalue weighted by Crippen LogP contribution is 2.34. The molecule has 0 radical (unpaired) electrons. The molecule has 1 aromatic heterocycles. The van der Waals surface area contributed by atoms with Crippen LogP contribution in [0.2, 0.25) is 0 Å². The fourth-order valence-corrected chi connectivity index (χ4v) is 4.73. The Morgan fingerprint density at radius 3 is 2.21 bits per heavy atom. The van der Waals surface area contributed by atoms with E-state index in [4.69, 9.17) is 4.52 Å². The van der Waals surface area contributed by atoms with Gasteiger partial charge in [-0.2, -0.15) is 18.2 Å². The van der Waals surface area contributed by atoms with Gasteiger partial charge in [0.25, 0.3) is 5.89 Å². The van der Waals surface area contributed by atoms with Gasteiger partial charge < -0.3 is 14.4 Å². The second-order valence-corrected chi connectivity index (χ2v) is 10.1. The molecule has 0 amide bonds. The van der Waals surface area contributed by atoms with Gasteiger partial charge in [-0.05, 0) is 31.5 Å². The molecule has 8 heteroatoms. The summed E-state index contributed by atoms with van der Waals surface area (Å²) in [6, 6.07) is 12.5. The van der Waals surface area contributed by atoms with Gasteiger partial charge in [-0.1, -0.05) is 93.8 Å². The molecule has 0 N–H and O–H groups in total. The fourth-order valence-electron chi connectivity index (χ4n) is 4.73. The van der Waals surface area contributed by atoms with Gasteiger partial charge in [0.15, 0.2) is 5.82 Å². The van der Waals surface area contributed by atoms with Crippen LogP contribution in [0.3, 0.4) is 0 Å². The molecule has 208 valence electrons. The molecule has 1 heterocycles. The Balaban J connectivity index is 1.56. The zero-order valence-corrected chi connectivity index (χ0v) is 22.6. The maximum atomic E-state index is 13.5. The van der Waals surface area contributed by atoms with Crippen LogP contribution in [0.25, 0.3) is 11.5 Å². The first kappa shape index (κ1) is 29.8. The Labute approximate surface area is 224 Å². The van der Waals surface area contributed by atoms with E-state index < -0.39 is 16.4 Å². The first-order valence-electron chi connectivity index (χ1n) is 13.9. The minimum atomic E-state index is -4.50. The zero-order chi connectivity index (χ0) is 27.4. The van der Waals surface area contributed by atoms with Gasteiger partial charge in [-0.25, -0.2) is 0 Å². The highest BCUT2D eigenvalue weighted by Gasteiger charge is 2.34. The SMILES string of the molecule is CCCCCCCCCCCc1noc(-c2cccc(C[N+]([O-])(CC)Cc3ccccc3C(F)(F)F)c2)n1. The van der Waals surface area contributed by atoms with Crippen molar-refractivity contribution in [2.45, 2.75) is 97.3 Å². The van der Waals surface area contributed by atoms with Crippen molar-refractivity contribution in [3.8, 4) is 11.5 Å². The van der Waals surface area contributed by atoms with Crippen molar-refractivity contribution in [1.82, 2.24) is 10.1 Å². The zero-order valence-electron chi connectivity index (χ0n) is 22.6. The quantitative estimate of drug-likeness (QED) is 0.105. The smallest absolute Gasteiger partial charge is 0.416 e. The molecule has 0 fully saturated rings. The summed E-state index contributed by atoms with van der Waals surface area (Å²) >= 11 is 0. The van der Waals surface area contributed by atoms with Crippen molar-refractivity contribution in [2.24, 2.45) is 0 Å².